The molecule has 0 atom stereocenters. The fraction of sp³-hybridized carbons (Fsp3) is 0. The first kappa shape index (κ1) is 11.1. The summed E-state index contributed by atoms with van der Waals surface area (Å²) in [5.41, 5.74) is 0. The van der Waals surface area contributed by atoms with Gasteiger partial charge in [0.05, 0.1) is 5.39 Å². The van der Waals surface area contributed by atoms with E-state index in [2.05, 4.69) is 9.97 Å². The molecule has 18 heavy (non-hydrogen) atoms. The Bertz CT molecular complexity index is 720. The number of thiophene rings is 2. The van der Waals surface area contributed by atoms with Crippen molar-refractivity contribution in [2.75, 3.05) is 0 Å². The molecule has 0 saturated heterocycles. The van der Waals surface area contributed by atoms with Crippen LogP contribution in [-0.2, 0) is 0 Å². The standard InChI is InChI=1S/C11H6N2O3S2/c14-11(15)8-3-6(4-18-8)16-9-7-1-2-17-10(7)13-5-12-9/h1-5H,(H,14,15). The molecule has 3 aromatic heterocycles. The van der Waals surface area contributed by atoms with Crippen LogP contribution in [0, 0.1) is 0 Å². The average molecular weight is 278 g/mol. The number of carboxylic acids is 1. The Morgan fingerprint density at radius 1 is 1.33 bits per heavy atom. The van der Waals surface area contributed by atoms with Gasteiger partial charge in [0.2, 0.25) is 5.88 Å². The first-order valence-corrected chi connectivity index (χ1v) is 6.68. The monoisotopic (exact) mass is 278 g/mol. The van der Waals surface area contributed by atoms with E-state index in [4.69, 9.17) is 9.84 Å². The molecule has 3 aromatic rings. The number of hydrogen-bond acceptors (Lipinski definition) is 6. The molecule has 0 spiro atoms. The minimum Gasteiger partial charge on any atom is -0.477 e. The summed E-state index contributed by atoms with van der Waals surface area (Å²) < 4.78 is 5.58. The van der Waals surface area contributed by atoms with E-state index in [1.165, 1.54) is 23.7 Å². The summed E-state index contributed by atoms with van der Waals surface area (Å²) in [7, 11) is 0. The topological polar surface area (TPSA) is 72.3 Å². The van der Waals surface area contributed by atoms with Gasteiger partial charge < -0.3 is 9.84 Å². The smallest absolute Gasteiger partial charge is 0.346 e. The molecule has 90 valence electrons. The van der Waals surface area contributed by atoms with Crippen molar-refractivity contribution in [3.63, 3.8) is 0 Å². The van der Waals surface area contributed by atoms with Crippen LogP contribution in [0.1, 0.15) is 9.67 Å². The number of fused-ring (bicyclic) bond motifs is 1. The van der Waals surface area contributed by atoms with Crippen LogP contribution in [0.3, 0.4) is 0 Å². The van der Waals surface area contributed by atoms with Crippen molar-refractivity contribution in [3.05, 3.63) is 34.1 Å². The number of nitrogens with zero attached hydrogens (tertiary/aromatic N) is 2. The molecule has 3 heterocycles. The van der Waals surface area contributed by atoms with Gasteiger partial charge in [-0.25, -0.2) is 14.8 Å². The molecule has 0 unspecified atom stereocenters. The zero-order valence-corrected chi connectivity index (χ0v) is 10.5. The molecule has 0 aliphatic heterocycles. The molecule has 5 nitrogen and oxygen atoms in total. The van der Waals surface area contributed by atoms with Crippen LogP contribution >= 0.6 is 22.7 Å². The summed E-state index contributed by atoms with van der Waals surface area (Å²) in [6, 6.07) is 3.35. The third-order valence-electron chi connectivity index (χ3n) is 2.23. The van der Waals surface area contributed by atoms with Crippen LogP contribution in [-0.4, -0.2) is 21.0 Å². The molecular weight excluding hydrogens is 272 g/mol. The SMILES string of the molecule is O=C(O)c1cc(Oc2ncnc3sccc23)cs1. The Kier molecular flexibility index (Phi) is 2.69. The van der Waals surface area contributed by atoms with Crippen LogP contribution in [0.4, 0.5) is 0 Å². The Labute approximate surface area is 109 Å². The van der Waals surface area contributed by atoms with Crippen LogP contribution in [0.2, 0.25) is 0 Å². The molecule has 0 bridgehead atoms. The third kappa shape index (κ3) is 1.93. The van der Waals surface area contributed by atoms with E-state index in [9.17, 15) is 4.79 Å². The summed E-state index contributed by atoms with van der Waals surface area (Å²) in [5.74, 6) is -0.0437. The van der Waals surface area contributed by atoms with Gasteiger partial charge >= 0.3 is 5.97 Å². The maximum atomic E-state index is 10.8. The summed E-state index contributed by atoms with van der Waals surface area (Å²) >= 11 is 2.62. The first-order chi connectivity index (χ1) is 8.74. The number of carbonyl (C=O) groups is 1. The van der Waals surface area contributed by atoms with Crippen LogP contribution in [0.15, 0.2) is 29.2 Å². The number of aromatic nitrogens is 2. The molecule has 0 saturated carbocycles. The molecule has 1 N–H and O–H groups in total. The van der Waals surface area contributed by atoms with Gasteiger partial charge in [0.25, 0.3) is 0 Å². The lowest BCUT2D eigenvalue weighted by molar-refractivity contribution is 0.0702. The molecule has 3 rings (SSSR count). The van der Waals surface area contributed by atoms with E-state index < -0.39 is 5.97 Å². The van der Waals surface area contributed by atoms with Crippen molar-refractivity contribution >= 4 is 38.9 Å². The Balaban J connectivity index is 1.96. The minimum absolute atomic E-state index is 0.237. The molecule has 7 heteroatoms. The van der Waals surface area contributed by atoms with Crippen molar-refractivity contribution in [3.8, 4) is 11.6 Å². The zero-order chi connectivity index (χ0) is 12.5. The Morgan fingerprint density at radius 3 is 3.00 bits per heavy atom. The summed E-state index contributed by atoms with van der Waals surface area (Å²) in [5, 5.41) is 13.2. The van der Waals surface area contributed by atoms with Crippen molar-refractivity contribution in [2.45, 2.75) is 0 Å². The highest BCUT2D eigenvalue weighted by Gasteiger charge is 2.11. The lowest BCUT2D eigenvalue weighted by Crippen LogP contribution is -1.91. The fourth-order valence-corrected chi connectivity index (χ4v) is 2.81. The molecule has 0 aliphatic carbocycles. The van der Waals surface area contributed by atoms with Crippen LogP contribution in [0.25, 0.3) is 10.2 Å². The lowest BCUT2D eigenvalue weighted by atomic mass is 10.4. The summed E-state index contributed by atoms with van der Waals surface area (Å²) in [6.07, 6.45) is 1.43. The summed E-state index contributed by atoms with van der Waals surface area (Å²) in [4.78, 5) is 20.0. The van der Waals surface area contributed by atoms with Gasteiger partial charge in [0.15, 0.2) is 0 Å². The van der Waals surface area contributed by atoms with Gasteiger partial charge in [-0.05, 0) is 11.4 Å². The zero-order valence-electron chi connectivity index (χ0n) is 8.86. The normalized spacial score (nSPS) is 10.7. The highest BCUT2D eigenvalue weighted by atomic mass is 32.1. The van der Waals surface area contributed by atoms with E-state index in [-0.39, 0.29) is 4.88 Å². The van der Waals surface area contributed by atoms with Crippen molar-refractivity contribution < 1.29 is 14.6 Å². The Morgan fingerprint density at radius 2 is 2.22 bits per heavy atom. The van der Waals surface area contributed by atoms with E-state index in [1.807, 2.05) is 11.4 Å². The maximum absolute atomic E-state index is 10.8. The van der Waals surface area contributed by atoms with Crippen LogP contribution < -0.4 is 4.74 Å². The predicted octanol–water partition coefficient (Wildman–Crippen LogP) is 3.24. The largest absolute Gasteiger partial charge is 0.477 e. The Hall–Kier alpha value is -1.99. The number of carboxylic acid groups (broad SMARTS) is 1. The molecule has 0 fully saturated rings. The second kappa shape index (κ2) is 4.35. The third-order valence-corrected chi connectivity index (χ3v) is 3.94. The van der Waals surface area contributed by atoms with Gasteiger partial charge in [-0.3, -0.25) is 0 Å². The lowest BCUT2D eigenvalue weighted by Gasteiger charge is -2.02. The van der Waals surface area contributed by atoms with Gasteiger partial charge in [-0.1, -0.05) is 0 Å². The van der Waals surface area contributed by atoms with E-state index in [0.29, 0.717) is 11.6 Å². The van der Waals surface area contributed by atoms with Crippen LogP contribution in [0.5, 0.6) is 11.6 Å². The van der Waals surface area contributed by atoms with Gasteiger partial charge in [0, 0.05) is 11.4 Å². The van der Waals surface area contributed by atoms with Crippen molar-refractivity contribution in [2.24, 2.45) is 0 Å². The first-order valence-electron chi connectivity index (χ1n) is 4.92. The van der Waals surface area contributed by atoms with E-state index >= 15 is 0 Å². The maximum Gasteiger partial charge on any atom is 0.346 e. The molecule has 0 radical (unpaired) electrons. The molecule has 0 aromatic carbocycles. The predicted molar refractivity (Wildman–Crippen MR) is 68.8 cm³/mol. The molecular formula is C11H6N2O3S2. The van der Waals surface area contributed by atoms with E-state index in [0.717, 1.165) is 21.6 Å². The van der Waals surface area contributed by atoms with Crippen molar-refractivity contribution in [1.29, 1.82) is 0 Å². The highest BCUT2D eigenvalue weighted by molar-refractivity contribution is 7.16. The number of rotatable bonds is 3. The van der Waals surface area contributed by atoms with Gasteiger partial charge in [-0.15, -0.1) is 22.7 Å². The van der Waals surface area contributed by atoms with Crippen molar-refractivity contribution in [1.82, 2.24) is 9.97 Å². The highest BCUT2D eigenvalue weighted by Crippen LogP contribution is 2.31. The fourth-order valence-electron chi connectivity index (χ4n) is 1.44. The second-order valence-corrected chi connectivity index (χ2v) is 5.18. The molecule has 0 amide bonds. The second-order valence-electron chi connectivity index (χ2n) is 3.37. The van der Waals surface area contributed by atoms with Gasteiger partial charge in [0.1, 0.15) is 21.8 Å². The molecule has 0 aliphatic rings. The summed E-state index contributed by atoms with van der Waals surface area (Å²) in [6.45, 7) is 0. The number of aromatic carboxylic acids is 1. The van der Waals surface area contributed by atoms with E-state index in [1.54, 1.807) is 5.38 Å². The quantitative estimate of drug-likeness (QED) is 0.796. The minimum atomic E-state index is -0.960. The van der Waals surface area contributed by atoms with Gasteiger partial charge in [-0.2, -0.15) is 0 Å². The number of ether oxygens (including phenoxy) is 1. The number of hydrogen-bond donors (Lipinski definition) is 1. The average Bonchev–Trinajstić information content (AvgIpc) is 2.97.